The minimum absolute atomic E-state index is 0.159. The van der Waals surface area contributed by atoms with Gasteiger partial charge in [-0.15, -0.1) is 0 Å². The second-order valence-corrected chi connectivity index (χ2v) is 24.8. The maximum Gasteiger partial charge on any atom is 0.164 e. The van der Waals surface area contributed by atoms with Crippen molar-refractivity contribution in [1.29, 1.82) is 0 Å². The molecule has 19 rings (SSSR count). The molecule has 14 aromatic carbocycles. The van der Waals surface area contributed by atoms with Gasteiger partial charge in [-0.1, -0.05) is 238 Å². The Morgan fingerprint density at radius 1 is 0.337 bits per heavy atom. The molecule has 18 aromatic rings. The van der Waals surface area contributed by atoms with Gasteiger partial charge in [-0.05, 0) is 137 Å². The van der Waals surface area contributed by atoms with Crippen molar-refractivity contribution in [3.8, 4) is 62.2 Å². The van der Waals surface area contributed by atoms with Crippen molar-refractivity contribution < 1.29 is 4.42 Å². The van der Waals surface area contributed by atoms with E-state index >= 15 is 0 Å². The molecule has 0 bridgehead atoms. The van der Waals surface area contributed by atoms with E-state index in [1.807, 2.05) is 30.5 Å². The van der Waals surface area contributed by atoms with Crippen LogP contribution in [0.2, 0.25) is 0 Å². The van der Waals surface area contributed by atoms with E-state index < -0.39 is 0 Å². The summed E-state index contributed by atoms with van der Waals surface area (Å²) in [6.07, 6.45) is 1.89. The third-order valence-electron chi connectivity index (χ3n) is 19.4. The summed E-state index contributed by atoms with van der Waals surface area (Å²) < 4.78 is 10.1. The van der Waals surface area contributed by atoms with Crippen molar-refractivity contribution in [3.63, 3.8) is 0 Å². The highest BCUT2D eigenvalue weighted by atomic mass is 16.3. The third-order valence-corrected chi connectivity index (χ3v) is 19.4. The molecule has 430 valence electrons. The van der Waals surface area contributed by atoms with Crippen LogP contribution in [0.4, 0.5) is 17.1 Å². The summed E-state index contributed by atoms with van der Waals surface area (Å²) in [6, 6.07) is 102. The topological polar surface area (TPSA) is 72.9 Å². The molecule has 1 aliphatic rings. The molecular weight excluding hydrogens is 1120 g/mol. The summed E-state index contributed by atoms with van der Waals surface area (Å²) in [6.45, 7) is 4.69. The smallest absolute Gasteiger partial charge is 0.164 e. The Morgan fingerprint density at radius 2 is 0.859 bits per heavy atom. The van der Waals surface area contributed by atoms with E-state index in [0.717, 1.165) is 121 Å². The predicted octanol–water partition coefficient (Wildman–Crippen LogP) is 22.5. The van der Waals surface area contributed by atoms with Crippen molar-refractivity contribution in [1.82, 2.24) is 24.5 Å². The molecule has 0 saturated carbocycles. The lowest BCUT2D eigenvalue weighted by Crippen LogP contribution is -2.15. The molecule has 0 fully saturated rings. The molecule has 0 amide bonds. The second-order valence-electron chi connectivity index (χ2n) is 24.8. The fourth-order valence-corrected chi connectivity index (χ4v) is 15.2. The quantitative estimate of drug-likeness (QED) is 0.141. The van der Waals surface area contributed by atoms with Crippen LogP contribution in [0.15, 0.2) is 296 Å². The van der Waals surface area contributed by atoms with Crippen LogP contribution in [-0.2, 0) is 5.41 Å². The number of hydrogen-bond donors (Lipinski definition) is 0. The number of anilines is 3. The molecule has 7 heteroatoms. The first-order valence-electron chi connectivity index (χ1n) is 31.4. The van der Waals surface area contributed by atoms with Gasteiger partial charge >= 0.3 is 0 Å². The highest BCUT2D eigenvalue weighted by Crippen LogP contribution is 2.53. The average Bonchev–Trinajstić information content (AvgIpc) is 1.52. The Hall–Kier alpha value is -12.1. The van der Waals surface area contributed by atoms with Gasteiger partial charge in [0.05, 0.1) is 16.4 Å². The lowest BCUT2D eigenvalue weighted by Gasteiger charge is -2.27. The molecule has 92 heavy (non-hydrogen) atoms. The first-order valence-corrected chi connectivity index (χ1v) is 31.4. The summed E-state index contributed by atoms with van der Waals surface area (Å²) in [5, 5.41) is 15.6. The van der Waals surface area contributed by atoms with Crippen LogP contribution in [0.5, 0.6) is 0 Å². The summed E-state index contributed by atoms with van der Waals surface area (Å²) in [7, 11) is 0. The summed E-state index contributed by atoms with van der Waals surface area (Å²) in [5.41, 5.74) is 16.6. The monoisotopic (exact) mass is 1170 g/mol. The van der Waals surface area contributed by atoms with Crippen LogP contribution in [0.3, 0.4) is 0 Å². The van der Waals surface area contributed by atoms with Gasteiger partial charge < -0.3 is 9.32 Å². The molecule has 1 aliphatic carbocycles. The Kier molecular flexibility index (Phi) is 11.3. The molecule has 0 spiro atoms. The van der Waals surface area contributed by atoms with Crippen LogP contribution in [0.1, 0.15) is 25.0 Å². The van der Waals surface area contributed by atoms with Gasteiger partial charge in [0, 0.05) is 72.3 Å². The van der Waals surface area contributed by atoms with Crippen molar-refractivity contribution in [2.24, 2.45) is 0 Å². The van der Waals surface area contributed by atoms with E-state index in [1.54, 1.807) is 0 Å². The van der Waals surface area contributed by atoms with Crippen molar-refractivity contribution in [2.45, 2.75) is 19.3 Å². The van der Waals surface area contributed by atoms with E-state index in [9.17, 15) is 0 Å². The average molecular weight is 1180 g/mol. The van der Waals surface area contributed by atoms with E-state index in [2.05, 4.69) is 284 Å². The Labute approximate surface area is 529 Å². The molecule has 0 aliphatic heterocycles. The molecule has 7 nitrogen and oxygen atoms in total. The van der Waals surface area contributed by atoms with Gasteiger partial charge in [0.15, 0.2) is 17.5 Å². The number of fused-ring (bicyclic) bond motifs is 21. The van der Waals surface area contributed by atoms with Crippen LogP contribution >= 0.6 is 0 Å². The number of pyridine rings is 1. The molecule has 0 saturated heterocycles. The van der Waals surface area contributed by atoms with E-state index in [-0.39, 0.29) is 5.41 Å². The molecule has 4 heterocycles. The van der Waals surface area contributed by atoms with Gasteiger partial charge in [0.1, 0.15) is 17.0 Å². The first kappa shape index (κ1) is 51.9. The molecule has 0 radical (unpaired) electrons. The summed E-state index contributed by atoms with van der Waals surface area (Å²) in [4.78, 5) is 23.7. The highest BCUT2D eigenvalue weighted by Gasteiger charge is 2.36. The van der Waals surface area contributed by atoms with E-state index in [4.69, 9.17) is 24.4 Å². The fraction of sp³-hybridized carbons (Fsp3) is 0.0353. The minimum Gasteiger partial charge on any atom is -0.455 e. The van der Waals surface area contributed by atoms with Gasteiger partial charge in [-0.3, -0.25) is 4.57 Å². The lowest BCUT2D eigenvalue weighted by molar-refractivity contribution is 0.660. The maximum absolute atomic E-state index is 7.72. The molecule has 0 N–H and O–H groups in total. The van der Waals surface area contributed by atoms with E-state index in [1.165, 1.54) is 44.0 Å². The number of benzene rings is 14. The minimum atomic E-state index is -0.159. The van der Waals surface area contributed by atoms with Crippen LogP contribution in [0, 0.1) is 0 Å². The van der Waals surface area contributed by atoms with Gasteiger partial charge in [-0.25, -0.2) is 19.9 Å². The fourth-order valence-electron chi connectivity index (χ4n) is 15.2. The van der Waals surface area contributed by atoms with Crippen LogP contribution < -0.4 is 4.90 Å². The standard InChI is InChI=1S/C85H54N6O/c1-85(2)72-35-18-17-30-63(72)71-49-57(41-45-73(71)85)90(56-38-36-52(37-39-56)51-20-5-3-6-21-51)58-40-42-69-74(50-58)91(75-48-55(46-47-86-75)83-87-82(54-23-7-4-8-24-54)88-84(89-83)68-34-19-25-53-22-9-10-26-59(53)68)79-67-33-16-15-32-65(67)77-70-44-43-66-62-29-12-11-27-60(62)61-28-13-14-31-64(61)76(66)80(70)92-81(77)78(69)79/h3-50H,1-2H3. The Morgan fingerprint density at radius 3 is 1.63 bits per heavy atom. The number of rotatable bonds is 8. The SMILES string of the molecule is CC1(C)c2ccccc2-c2cc(N(c3ccc(-c4ccccc4)cc3)c3ccc4c5c6oc7c(ccc8c9ccccc9c9ccccc9c87)c6c6ccccc6c5n(-c5cc(-c6nc(-c7ccccc7)nc(-c7cccc8ccccc78)n6)ccn5)c4c3)ccc21. The largest absolute Gasteiger partial charge is 0.455 e. The highest BCUT2D eigenvalue weighted by molar-refractivity contribution is 6.39. The number of furan rings is 1. The number of aromatic nitrogens is 5. The molecule has 4 aromatic heterocycles. The molecule has 0 atom stereocenters. The maximum atomic E-state index is 7.72. The summed E-state index contributed by atoms with van der Waals surface area (Å²) >= 11 is 0. The van der Waals surface area contributed by atoms with Crippen LogP contribution in [0.25, 0.3) is 160 Å². The zero-order valence-electron chi connectivity index (χ0n) is 50.3. The lowest BCUT2D eigenvalue weighted by atomic mass is 9.82. The van der Waals surface area contributed by atoms with Gasteiger partial charge in [0.25, 0.3) is 0 Å². The van der Waals surface area contributed by atoms with Gasteiger partial charge in [-0.2, -0.15) is 0 Å². The van der Waals surface area contributed by atoms with Gasteiger partial charge in [0.2, 0.25) is 0 Å². The molecular formula is C85H54N6O. The Bertz CT molecular complexity index is 6070. The zero-order chi connectivity index (χ0) is 60.8. The van der Waals surface area contributed by atoms with Crippen molar-refractivity contribution in [3.05, 3.63) is 302 Å². The van der Waals surface area contributed by atoms with E-state index in [0.29, 0.717) is 23.3 Å². The number of nitrogens with zero attached hydrogens (tertiary/aromatic N) is 6. The predicted molar refractivity (Wildman–Crippen MR) is 381 cm³/mol. The molecule has 0 unspecified atom stereocenters. The van der Waals surface area contributed by atoms with Crippen molar-refractivity contribution in [2.75, 3.05) is 4.90 Å². The normalized spacial score (nSPS) is 12.8. The number of hydrogen-bond acceptors (Lipinski definition) is 6. The third kappa shape index (κ3) is 7.75. The Balaban J connectivity index is 0.906. The zero-order valence-corrected chi connectivity index (χ0v) is 50.3. The summed E-state index contributed by atoms with van der Waals surface area (Å²) in [5.74, 6) is 2.41. The second kappa shape index (κ2) is 20.0. The first-order chi connectivity index (χ1) is 45.4. The van der Waals surface area contributed by atoms with Crippen LogP contribution in [-0.4, -0.2) is 24.5 Å². The van der Waals surface area contributed by atoms with Crippen molar-refractivity contribution >= 4 is 115 Å².